The first kappa shape index (κ1) is 22.9. The van der Waals surface area contributed by atoms with Gasteiger partial charge in [0.2, 0.25) is 0 Å². The number of aryl methyl sites for hydroxylation is 1. The fraction of sp³-hybridized carbons (Fsp3) is 0.696. The molecule has 0 unspecified atom stereocenters. The van der Waals surface area contributed by atoms with Crippen molar-refractivity contribution in [2.75, 3.05) is 23.7 Å². The molecular weight excluding hydrogens is 370 g/mol. The number of anilines is 1. The number of Topliss-reactive ketones (excluding diaryl/α,β-unsaturated/α-hetero) is 1. The maximum atomic E-state index is 11.8. The van der Waals surface area contributed by atoms with Crippen LogP contribution in [0.4, 0.5) is 5.69 Å². The van der Waals surface area contributed by atoms with Crippen LogP contribution in [-0.2, 0) is 21.1 Å². The van der Waals surface area contributed by atoms with E-state index in [0.29, 0.717) is 11.5 Å². The summed E-state index contributed by atoms with van der Waals surface area (Å²) >= 11 is 0. The number of sulfone groups is 1. The number of rotatable bonds is 11. The minimum Gasteiger partial charge on any atom is -0.371 e. The molecule has 2 rings (SSSR count). The van der Waals surface area contributed by atoms with Crippen LogP contribution in [0.1, 0.15) is 71.3 Å². The number of piperidine rings is 1. The van der Waals surface area contributed by atoms with Crippen LogP contribution >= 0.6 is 0 Å². The highest BCUT2D eigenvalue weighted by atomic mass is 32.2. The van der Waals surface area contributed by atoms with Crippen molar-refractivity contribution in [2.45, 2.75) is 77.4 Å². The molecule has 4 nitrogen and oxygen atoms in total. The van der Waals surface area contributed by atoms with Gasteiger partial charge in [-0.05, 0) is 70.6 Å². The number of hydrogen-bond donors (Lipinski definition) is 0. The third-order valence-corrected chi connectivity index (χ3v) is 8.28. The summed E-state index contributed by atoms with van der Waals surface area (Å²) in [6, 6.07) is 8.86. The Morgan fingerprint density at radius 3 is 2.14 bits per heavy atom. The van der Waals surface area contributed by atoms with Gasteiger partial charge in [-0.15, -0.1) is 0 Å². The number of unbranched alkanes of at least 4 members (excludes halogenated alkanes) is 4. The number of carbonyl (C=O) groups excluding carboxylic acids is 1. The molecule has 0 atom stereocenters. The van der Waals surface area contributed by atoms with Crippen molar-refractivity contribution >= 4 is 21.3 Å². The molecule has 5 heteroatoms. The Bertz CT molecular complexity index is 702. The van der Waals surface area contributed by atoms with Gasteiger partial charge in [0.25, 0.3) is 0 Å². The summed E-state index contributed by atoms with van der Waals surface area (Å²) in [5, 5.41) is -0.254. The molecule has 0 amide bonds. The van der Waals surface area contributed by atoms with Crippen LogP contribution < -0.4 is 4.90 Å². The lowest BCUT2D eigenvalue weighted by molar-refractivity contribution is -0.121. The Balaban J connectivity index is 1.62. The molecule has 0 aromatic heterocycles. The maximum absolute atomic E-state index is 11.8. The van der Waals surface area contributed by atoms with Crippen molar-refractivity contribution in [1.29, 1.82) is 0 Å². The Hall–Kier alpha value is -1.36. The minimum absolute atomic E-state index is 0.251. The van der Waals surface area contributed by atoms with E-state index in [0.717, 1.165) is 64.5 Å². The number of ketones is 1. The van der Waals surface area contributed by atoms with Crippen LogP contribution in [0.2, 0.25) is 0 Å². The number of hydrogen-bond acceptors (Lipinski definition) is 4. The second-order valence-electron chi connectivity index (χ2n) is 8.47. The lowest BCUT2D eigenvalue weighted by atomic mass is 9.93. The first-order valence-corrected chi connectivity index (χ1v) is 12.6. The normalized spacial score (nSPS) is 15.9. The van der Waals surface area contributed by atoms with Gasteiger partial charge in [-0.2, -0.15) is 0 Å². The molecule has 0 radical (unpaired) electrons. The zero-order valence-electron chi connectivity index (χ0n) is 17.8. The third-order valence-electron chi connectivity index (χ3n) is 5.98. The molecule has 1 aliphatic rings. The molecule has 0 bridgehead atoms. The fourth-order valence-corrected chi connectivity index (χ4v) is 4.89. The van der Waals surface area contributed by atoms with Crippen LogP contribution in [0.5, 0.6) is 0 Å². The van der Waals surface area contributed by atoms with Crippen molar-refractivity contribution in [2.24, 2.45) is 5.92 Å². The van der Waals surface area contributed by atoms with Gasteiger partial charge in [0, 0.05) is 24.7 Å². The molecule has 0 spiro atoms. The van der Waals surface area contributed by atoms with Crippen molar-refractivity contribution in [3.05, 3.63) is 29.8 Å². The van der Waals surface area contributed by atoms with Gasteiger partial charge in [-0.25, -0.2) is 8.42 Å². The second kappa shape index (κ2) is 11.0. The second-order valence-corrected chi connectivity index (χ2v) is 11.1. The zero-order valence-corrected chi connectivity index (χ0v) is 18.6. The maximum Gasteiger partial charge on any atom is 0.152 e. The van der Waals surface area contributed by atoms with Crippen LogP contribution in [0.25, 0.3) is 0 Å². The summed E-state index contributed by atoms with van der Waals surface area (Å²) in [6.45, 7) is 7.17. The fourth-order valence-electron chi connectivity index (χ4n) is 3.82. The zero-order chi connectivity index (χ0) is 20.6. The van der Waals surface area contributed by atoms with Crippen molar-refractivity contribution in [3.63, 3.8) is 0 Å². The lowest BCUT2D eigenvalue weighted by Gasteiger charge is -2.32. The van der Waals surface area contributed by atoms with E-state index >= 15 is 0 Å². The quantitative estimate of drug-likeness (QED) is 0.494. The summed E-state index contributed by atoms with van der Waals surface area (Å²) in [6.07, 6.45) is 8.22. The summed E-state index contributed by atoms with van der Waals surface area (Å²) in [5.74, 6) is 0.910. The van der Waals surface area contributed by atoms with Gasteiger partial charge in [0.15, 0.2) is 9.84 Å². The first-order chi connectivity index (χ1) is 13.3. The Morgan fingerprint density at radius 2 is 1.57 bits per heavy atom. The molecule has 0 aliphatic carbocycles. The SMILES string of the molecule is CC(=O)C1CCN(c2ccc(CCCCCCCS(=O)(=O)C(C)C)cc2)CC1. The van der Waals surface area contributed by atoms with Crippen LogP contribution in [0.3, 0.4) is 0 Å². The molecule has 1 aromatic rings. The Kier molecular flexibility index (Phi) is 9.00. The predicted octanol–water partition coefficient (Wildman–Crippen LogP) is 4.81. The highest BCUT2D eigenvalue weighted by molar-refractivity contribution is 7.91. The van der Waals surface area contributed by atoms with E-state index in [2.05, 4.69) is 29.2 Å². The molecule has 0 saturated carbocycles. The Labute approximate surface area is 171 Å². The smallest absolute Gasteiger partial charge is 0.152 e. The van der Waals surface area contributed by atoms with Crippen molar-refractivity contribution in [1.82, 2.24) is 0 Å². The number of nitrogens with zero attached hydrogens (tertiary/aromatic N) is 1. The van der Waals surface area contributed by atoms with E-state index in [1.165, 1.54) is 11.3 Å². The highest BCUT2D eigenvalue weighted by Crippen LogP contribution is 2.24. The van der Waals surface area contributed by atoms with Gasteiger partial charge < -0.3 is 4.90 Å². The number of carbonyl (C=O) groups is 1. The largest absolute Gasteiger partial charge is 0.371 e. The number of benzene rings is 1. The van der Waals surface area contributed by atoms with Gasteiger partial charge in [-0.1, -0.05) is 31.4 Å². The van der Waals surface area contributed by atoms with Gasteiger partial charge in [0.05, 0.1) is 11.0 Å². The highest BCUT2D eigenvalue weighted by Gasteiger charge is 2.22. The van der Waals surface area contributed by atoms with E-state index in [1.54, 1.807) is 20.8 Å². The molecule has 1 aromatic carbocycles. The summed E-state index contributed by atoms with van der Waals surface area (Å²) in [7, 11) is -2.88. The topological polar surface area (TPSA) is 54.5 Å². The predicted molar refractivity (Wildman–Crippen MR) is 118 cm³/mol. The van der Waals surface area contributed by atoms with Gasteiger partial charge in [0.1, 0.15) is 5.78 Å². The molecule has 1 heterocycles. The van der Waals surface area contributed by atoms with Gasteiger partial charge in [-0.3, -0.25) is 4.79 Å². The third kappa shape index (κ3) is 7.23. The van der Waals surface area contributed by atoms with Crippen LogP contribution in [0, 0.1) is 5.92 Å². The molecule has 1 fully saturated rings. The van der Waals surface area contributed by atoms with E-state index in [4.69, 9.17) is 0 Å². The van der Waals surface area contributed by atoms with E-state index < -0.39 is 9.84 Å². The Morgan fingerprint density at radius 1 is 1.00 bits per heavy atom. The van der Waals surface area contributed by atoms with Gasteiger partial charge >= 0.3 is 0 Å². The monoisotopic (exact) mass is 407 g/mol. The molecule has 158 valence electrons. The average Bonchev–Trinajstić information content (AvgIpc) is 2.67. The van der Waals surface area contributed by atoms with E-state index in [9.17, 15) is 13.2 Å². The summed E-state index contributed by atoms with van der Waals surface area (Å²) in [4.78, 5) is 13.9. The van der Waals surface area contributed by atoms with E-state index in [-0.39, 0.29) is 11.2 Å². The van der Waals surface area contributed by atoms with Crippen molar-refractivity contribution in [3.8, 4) is 0 Å². The van der Waals surface area contributed by atoms with E-state index in [1.807, 2.05) is 0 Å². The summed E-state index contributed by atoms with van der Waals surface area (Å²) in [5.41, 5.74) is 2.63. The molecule has 28 heavy (non-hydrogen) atoms. The molecular formula is C23H37NO3S. The van der Waals surface area contributed by atoms with Crippen molar-refractivity contribution < 1.29 is 13.2 Å². The average molecular weight is 408 g/mol. The molecule has 1 aliphatic heterocycles. The standard InChI is InChI=1S/C23H37NO3S/c1-19(2)28(26,27)18-8-6-4-5-7-9-21-10-12-23(13-11-21)24-16-14-22(15-17-24)20(3)25/h10-13,19,22H,4-9,14-18H2,1-3H3. The first-order valence-electron chi connectivity index (χ1n) is 10.9. The minimum atomic E-state index is -2.88. The van der Waals surface area contributed by atoms with Crippen LogP contribution in [0.15, 0.2) is 24.3 Å². The van der Waals surface area contributed by atoms with Crippen LogP contribution in [-0.4, -0.2) is 38.3 Å². The molecule has 1 saturated heterocycles. The summed E-state index contributed by atoms with van der Waals surface area (Å²) < 4.78 is 23.5. The lowest BCUT2D eigenvalue weighted by Crippen LogP contribution is -2.35. The molecule has 0 N–H and O–H groups in total.